The molecule has 2 aromatic rings. The zero-order valence-electron chi connectivity index (χ0n) is 8.05. The lowest BCUT2D eigenvalue weighted by Gasteiger charge is -1.95. The quantitative estimate of drug-likeness (QED) is 0.716. The van der Waals surface area contributed by atoms with Gasteiger partial charge in [-0.25, -0.2) is 15.0 Å². The molecule has 0 aliphatic rings. The van der Waals surface area contributed by atoms with E-state index >= 15 is 0 Å². The van der Waals surface area contributed by atoms with Crippen LogP contribution in [0.15, 0.2) is 0 Å². The second-order valence-electron chi connectivity index (χ2n) is 3.10. The van der Waals surface area contributed by atoms with Crippen LogP contribution in [0.5, 0.6) is 0 Å². The van der Waals surface area contributed by atoms with Gasteiger partial charge in [-0.15, -0.1) is 0 Å². The molecule has 2 heterocycles. The normalized spacial score (nSPS) is 11.0. The molecule has 2 rings (SSSR count). The van der Waals surface area contributed by atoms with Crippen LogP contribution in [0.2, 0.25) is 0 Å². The molecule has 2 aromatic heterocycles. The number of fused-ring (bicyclic) bond motifs is 1. The molecule has 0 saturated heterocycles. The van der Waals surface area contributed by atoms with E-state index in [-0.39, 0.29) is 0 Å². The summed E-state index contributed by atoms with van der Waals surface area (Å²) in [5.41, 5.74) is 3.42. The van der Waals surface area contributed by atoms with Crippen molar-refractivity contribution in [2.75, 3.05) is 0 Å². The fourth-order valence-corrected chi connectivity index (χ4v) is 1.21. The molecule has 0 saturated carbocycles. The van der Waals surface area contributed by atoms with Gasteiger partial charge in [0.15, 0.2) is 11.3 Å². The van der Waals surface area contributed by atoms with E-state index in [1.54, 1.807) is 0 Å². The highest BCUT2D eigenvalue weighted by Crippen LogP contribution is 2.09. The standard InChI is InChI=1S/C9H12N4/c1-4-7-12-8-9(13-7)11-6(3)5(2)10-8/h4H2,1-3H3,(H,10,11,12,13). The molecule has 0 atom stereocenters. The Kier molecular flexibility index (Phi) is 1.76. The molecule has 0 aliphatic heterocycles. The van der Waals surface area contributed by atoms with Crippen molar-refractivity contribution in [3.63, 3.8) is 0 Å². The number of rotatable bonds is 1. The molecule has 0 fully saturated rings. The minimum Gasteiger partial charge on any atom is -0.325 e. The zero-order chi connectivity index (χ0) is 9.42. The van der Waals surface area contributed by atoms with Crippen LogP contribution < -0.4 is 0 Å². The minimum atomic E-state index is 0.722. The topological polar surface area (TPSA) is 54.5 Å². The van der Waals surface area contributed by atoms with Crippen molar-refractivity contribution in [1.29, 1.82) is 0 Å². The third-order valence-corrected chi connectivity index (χ3v) is 2.13. The summed E-state index contributed by atoms with van der Waals surface area (Å²) in [4.78, 5) is 16.1. The lowest BCUT2D eigenvalue weighted by atomic mass is 10.3. The average molecular weight is 176 g/mol. The first-order valence-electron chi connectivity index (χ1n) is 4.40. The van der Waals surface area contributed by atoms with E-state index in [0.717, 1.165) is 34.9 Å². The number of imidazole rings is 1. The van der Waals surface area contributed by atoms with Crippen LogP contribution in [0, 0.1) is 13.8 Å². The first-order valence-corrected chi connectivity index (χ1v) is 4.40. The molecule has 0 spiro atoms. The lowest BCUT2D eigenvalue weighted by Crippen LogP contribution is -1.91. The summed E-state index contributed by atoms with van der Waals surface area (Å²) in [6, 6.07) is 0. The third-order valence-electron chi connectivity index (χ3n) is 2.13. The van der Waals surface area contributed by atoms with Gasteiger partial charge in [0, 0.05) is 6.42 Å². The Morgan fingerprint density at radius 3 is 2.46 bits per heavy atom. The summed E-state index contributed by atoms with van der Waals surface area (Å²) < 4.78 is 0. The summed E-state index contributed by atoms with van der Waals surface area (Å²) in [7, 11) is 0. The maximum Gasteiger partial charge on any atom is 0.197 e. The molecule has 0 unspecified atom stereocenters. The predicted molar refractivity (Wildman–Crippen MR) is 50.5 cm³/mol. The number of aryl methyl sites for hydroxylation is 3. The molecule has 0 aromatic carbocycles. The van der Waals surface area contributed by atoms with Crippen molar-refractivity contribution in [2.24, 2.45) is 0 Å². The fourth-order valence-electron chi connectivity index (χ4n) is 1.21. The van der Waals surface area contributed by atoms with Crippen LogP contribution in [0.3, 0.4) is 0 Å². The predicted octanol–water partition coefficient (Wildman–Crippen LogP) is 1.53. The van der Waals surface area contributed by atoms with Crippen LogP contribution in [-0.2, 0) is 6.42 Å². The van der Waals surface area contributed by atoms with Gasteiger partial charge in [-0.3, -0.25) is 0 Å². The van der Waals surface area contributed by atoms with Gasteiger partial charge in [0.25, 0.3) is 0 Å². The van der Waals surface area contributed by atoms with Crippen LogP contribution in [-0.4, -0.2) is 19.9 Å². The Balaban J connectivity index is 2.70. The van der Waals surface area contributed by atoms with Crippen molar-refractivity contribution in [3.8, 4) is 0 Å². The second-order valence-corrected chi connectivity index (χ2v) is 3.10. The summed E-state index contributed by atoms with van der Waals surface area (Å²) in [6.45, 7) is 5.95. The molecule has 0 aliphatic carbocycles. The molecular formula is C9H12N4. The second kappa shape index (κ2) is 2.80. The molecule has 0 radical (unpaired) electrons. The average Bonchev–Trinajstić information content (AvgIpc) is 2.48. The van der Waals surface area contributed by atoms with Gasteiger partial charge >= 0.3 is 0 Å². The van der Waals surface area contributed by atoms with E-state index < -0.39 is 0 Å². The number of aromatic amines is 1. The minimum absolute atomic E-state index is 0.722. The van der Waals surface area contributed by atoms with Crippen LogP contribution >= 0.6 is 0 Å². The van der Waals surface area contributed by atoms with Crippen molar-refractivity contribution < 1.29 is 0 Å². The number of nitrogens with zero attached hydrogens (tertiary/aromatic N) is 3. The molecule has 0 amide bonds. The largest absolute Gasteiger partial charge is 0.325 e. The Morgan fingerprint density at radius 1 is 1.08 bits per heavy atom. The molecular weight excluding hydrogens is 164 g/mol. The number of H-pyrrole nitrogens is 1. The van der Waals surface area contributed by atoms with E-state index in [1.807, 2.05) is 13.8 Å². The van der Waals surface area contributed by atoms with Gasteiger partial charge in [0.1, 0.15) is 5.82 Å². The first kappa shape index (κ1) is 8.16. The van der Waals surface area contributed by atoms with E-state index in [4.69, 9.17) is 0 Å². The van der Waals surface area contributed by atoms with Crippen molar-refractivity contribution in [2.45, 2.75) is 27.2 Å². The molecule has 0 bridgehead atoms. The Hall–Kier alpha value is -1.45. The van der Waals surface area contributed by atoms with Gasteiger partial charge in [-0.2, -0.15) is 0 Å². The number of hydrogen-bond acceptors (Lipinski definition) is 3. The fraction of sp³-hybridized carbons (Fsp3) is 0.444. The summed E-state index contributed by atoms with van der Waals surface area (Å²) in [6.07, 6.45) is 0.885. The van der Waals surface area contributed by atoms with Gasteiger partial charge in [-0.05, 0) is 13.8 Å². The third kappa shape index (κ3) is 1.28. The van der Waals surface area contributed by atoms with Crippen LogP contribution in [0.25, 0.3) is 11.3 Å². The van der Waals surface area contributed by atoms with Gasteiger partial charge < -0.3 is 4.98 Å². The molecule has 4 heteroatoms. The molecule has 4 nitrogen and oxygen atoms in total. The zero-order valence-corrected chi connectivity index (χ0v) is 8.05. The highest BCUT2D eigenvalue weighted by atomic mass is 15.1. The number of aromatic nitrogens is 4. The summed E-state index contributed by atoms with van der Waals surface area (Å²) in [5.74, 6) is 0.944. The van der Waals surface area contributed by atoms with Crippen molar-refractivity contribution >= 4 is 11.3 Å². The maximum atomic E-state index is 4.36. The summed E-state index contributed by atoms with van der Waals surface area (Å²) in [5, 5.41) is 0. The monoisotopic (exact) mass is 176 g/mol. The Bertz CT molecular complexity index is 405. The highest BCUT2D eigenvalue weighted by molar-refractivity contribution is 5.65. The van der Waals surface area contributed by atoms with E-state index in [2.05, 4.69) is 26.9 Å². The smallest absolute Gasteiger partial charge is 0.197 e. The molecule has 1 N–H and O–H groups in total. The first-order chi connectivity index (χ1) is 6.20. The lowest BCUT2D eigenvalue weighted by molar-refractivity contribution is 0.995. The number of hydrogen-bond donors (Lipinski definition) is 1. The molecule has 68 valence electrons. The van der Waals surface area contributed by atoms with Crippen LogP contribution in [0.1, 0.15) is 24.1 Å². The SMILES string of the molecule is CCc1nc2nc(C)c(C)nc2[nH]1. The van der Waals surface area contributed by atoms with E-state index in [0.29, 0.717) is 0 Å². The highest BCUT2D eigenvalue weighted by Gasteiger charge is 2.05. The van der Waals surface area contributed by atoms with Gasteiger partial charge in [0.2, 0.25) is 0 Å². The van der Waals surface area contributed by atoms with Gasteiger partial charge in [-0.1, -0.05) is 6.92 Å². The Labute approximate surface area is 76.4 Å². The number of nitrogens with one attached hydrogen (secondary N) is 1. The van der Waals surface area contributed by atoms with E-state index in [1.165, 1.54) is 0 Å². The van der Waals surface area contributed by atoms with Gasteiger partial charge in [0.05, 0.1) is 11.4 Å². The van der Waals surface area contributed by atoms with E-state index in [9.17, 15) is 0 Å². The molecule has 13 heavy (non-hydrogen) atoms. The summed E-state index contributed by atoms with van der Waals surface area (Å²) >= 11 is 0. The van der Waals surface area contributed by atoms with Crippen molar-refractivity contribution in [1.82, 2.24) is 19.9 Å². The van der Waals surface area contributed by atoms with Crippen molar-refractivity contribution in [3.05, 3.63) is 17.2 Å². The van der Waals surface area contributed by atoms with Crippen LogP contribution in [0.4, 0.5) is 0 Å². The maximum absolute atomic E-state index is 4.36. The Morgan fingerprint density at radius 2 is 1.77 bits per heavy atom.